The SMILES string of the molecule is Cc1ncsc1COC(=O)C1CC(=O)N(CC(F)(F)F)C1. The molecule has 1 fully saturated rings. The molecule has 116 valence electrons. The molecule has 21 heavy (non-hydrogen) atoms. The molecule has 0 aromatic carbocycles. The number of hydrogen-bond donors (Lipinski definition) is 0. The van der Waals surface area contributed by atoms with Gasteiger partial charge >= 0.3 is 12.1 Å². The van der Waals surface area contributed by atoms with Crippen LogP contribution in [-0.4, -0.2) is 41.0 Å². The number of hydrogen-bond acceptors (Lipinski definition) is 5. The number of rotatable bonds is 4. The van der Waals surface area contributed by atoms with Gasteiger partial charge in [-0.05, 0) is 6.92 Å². The fourth-order valence-electron chi connectivity index (χ4n) is 2.02. The summed E-state index contributed by atoms with van der Waals surface area (Å²) in [4.78, 5) is 28.7. The topological polar surface area (TPSA) is 59.5 Å². The second kappa shape index (κ2) is 6.00. The monoisotopic (exact) mass is 322 g/mol. The Bertz CT molecular complexity index is 544. The normalized spacial score (nSPS) is 19.1. The number of carbonyl (C=O) groups is 2. The third-order valence-corrected chi connectivity index (χ3v) is 4.02. The van der Waals surface area contributed by atoms with E-state index in [1.165, 1.54) is 11.3 Å². The molecule has 1 aliphatic rings. The zero-order chi connectivity index (χ0) is 15.6. The highest BCUT2D eigenvalue weighted by molar-refractivity contribution is 7.09. The smallest absolute Gasteiger partial charge is 0.406 e. The average Bonchev–Trinajstić information content (AvgIpc) is 2.92. The Kier molecular flexibility index (Phi) is 4.50. The van der Waals surface area contributed by atoms with E-state index < -0.39 is 30.5 Å². The Morgan fingerprint density at radius 2 is 2.29 bits per heavy atom. The van der Waals surface area contributed by atoms with Crippen LogP contribution in [0.2, 0.25) is 0 Å². The van der Waals surface area contributed by atoms with E-state index in [1.54, 1.807) is 12.4 Å². The van der Waals surface area contributed by atoms with Gasteiger partial charge in [-0.25, -0.2) is 4.98 Å². The summed E-state index contributed by atoms with van der Waals surface area (Å²) < 4.78 is 41.9. The van der Waals surface area contributed by atoms with Crippen molar-refractivity contribution in [2.45, 2.75) is 26.1 Å². The lowest BCUT2D eigenvalue weighted by atomic mass is 10.1. The molecule has 0 spiro atoms. The van der Waals surface area contributed by atoms with Crippen molar-refractivity contribution in [3.8, 4) is 0 Å². The van der Waals surface area contributed by atoms with Crippen LogP contribution < -0.4 is 0 Å². The maximum atomic E-state index is 12.3. The fraction of sp³-hybridized carbons (Fsp3) is 0.583. The zero-order valence-electron chi connectivity index (χ0n) is 11.1. The number of alkyl halides is 3. The van der Waals surface area contributed by atoms with Crippen molar-refractivity contribution in [1.29, 1.82) is 0 Å². The first-order chi connectivity index (χ1) is 9.76. The van der Waals surface area contributed by atoms with Crippen LogP contribution in [-0.2, 0) is 20.9 Å². The highest BCUT2D eigenvalue weighted by atomic mass is 32.1. The van der Waals surface area contributed by atoms with Gasteiger partial charge in [-0.1, -0.05) is 0 Å². The van der Waals surface area contributed by atoms with Crippen LogP contribution >= 0.6 is 11.3 Å². The molecule has 9 heteroatoms. The van der Waals surface area contributed by atoms with Gasteiger partial charge in [0, 0.05) is 13.0 Å². The minimum Gasteiger partial charge on any atom is -0.460 e. The molecule has 0 aliphatic carbocycles. The Morgan fingerprint density at radius 3 is 2.86 bits per heavy atom. The third kappa shape index (κ3) is 4.16. The molecule has 0 saturated carbocycles. The van der Waals surface area contributed by atoms with Crippen LogP contribution in [0.4, 0.5) is 13.2 Å². The first kappa shape index (κ1) is 15.7. The lowest BCUT2D eigenvalue weighted by molar-refractivity contribution is -0.158. The zero-order valence-corrected chi connectivity index (χ0v) is 12.0. The standard InChI is InChI=1S/C12H13F3N2O3S/c1-7-9(21-6-16-7)4-20-11(19)8-2-10(18)17(3-8)5-12(13,14)15/h6,8H,2-5H2,1H3. The van der Waals surface area contributed by atoms with Crippen molar-refractivity contribution in [3.05, 3.63) is 16.1 Å². The van der Waals surface area contributed by atoms with E-state index in [9.17, 15) is 22.8 Å². The van der Waals surface area contributed by atoms with Crippen LogP contribution in [0.5, 0.6) is 0 Å². The second-order valence-corrected chi connectivity index (χ2v) is 5.70. The maximum absolute atomic E-state index is 12.3. The largest absolute Gasteiger partial charge is 0.460 e. The lowest BCUT2D eigenvalue weighted by Crippen LogP contribution is -2.35. The summed E-state index contributed by atoms with van der Waals surface area (Å²) in [5.41, 5.74) is 2.36. The van der Waals surface area contributed by atoms with Gasteiger partial charge in [0.05, 0.1) is 22.0 Å². The molecule has 0 radical (unpaired) electrons. The number of likely N-dealkylation sites (tertiary alicyclic amines) is 1. The van der Waals surface area contributed by atoms with Gasteiger partial charge in [0.15, 0.2) is 0 Å². The van der Waals surface area contributed by atoms with Crippen LogP contribution in [0.1, 0.15) is 17.0 Å². The van der Waals surface area contributed by atoms with Crippen LogP contribution in [0.25, 0.3) is 0 Å². The molecule has 1 aliphatic heterocycles. The molecular weight excluding hydrogens is 309 g/mol. The van der Waals surface area contributed by atoms with Crippen molar-refractivity contribution >= 4 is 23.2 Å². The Labute approximate surface area is 122 Å². The molecule has 1 unspecified atom stereocenters. The molecule has 2 heterocycles. The molecule has 1 aromatic heterocycles. The highest BCUT2D eigenvalue weighted by Gasteiger charge is 2.41. The average molecular weight is 322 g/mol. The summed E-state index contributed by atoms with van der Waals surface area (Å²) in [6, 6.07) is 0. The first-order valence-electron chi connectivity index (χ1n) is 6.16. The van der Waals surface area contributed by atoms with E-state index in [1.807, 2.05) is 0 Å². The molecule has 0 bridgehead atoms. The quantitative estimate of drug-likeness (QED) is 0.795. The number of nitrogens with zero attached hydrogens (tertiary/aromatic N) is 2. The number of thiazole rings is 1. The summed E-state index contributed by atoms with van der Waals surface area (Å²) in [5.74, 6) is -2.17. The number of aryl methyl sites for hydroxylation is 1. The predicted octanol–water partition coefficient (Wildman–Crippen LogP) is 1.91. The molecule has 0 N–H and O–H groups in total. The molecular formula is C12H13F3N2O3S. The summed E-state index contributed by atoms with van der Waals surface area (Å²) >= 11 is 1.33. The fourth-order valence-corrected chi connectivity index (χ4v) is 2.71. The molecule has 1 atom stereocenters. The minimum absolute atomic E-state index is 0.0271. The molecule has 1 saturated heterocycles. The van der Waals surface area contributed by atoms with E-state index in [0.29, 0.717) is 4.90 Å². The van der Waals surface area contributed by atoms with Crippen LogP contribution in [0, 0.1) is 12.8 Å². The van der Waals surface area contributed by atoms with Gasteiger partial charge in [-0.3, -0.25) is 9.59 Å². The van der Waals surface area contributed by atoms with E-state index in [-0.39, 0.29) is 19.6 Å². The summed E-state index contributed by atoms with van der Waals surface area (Å²) in [7, 11) is 0. The van der Waals surface area contributed by atoms with E-state index in [2.05, 4.69) is 4.98 Å². The number of carbonyl (C=O) groups excluding carboxylic acids is 2. The van der Waals surface area contributed by atoms with E-state index >= 15 is 0 Å². The van der Waals surface area contributed by atoms with Gasteiger partial charge in [-0.15, -0.1) is 11.3 Å². The lowest BCUT2D eigenvalue weighted by Gasteiger charge is -2.18. The molecule has 1 amide bonds. The number of amides is 1. The van der Waals surface area contributed by atoms with Crippen molar-refractivity contribution in [2.75, 3.05) is 13.1 Å². The maximum Gasteiger partial charge on any atom is 0.406 e. The third-order valence-electron chi connectivity index (χ3n) is 3.11. The first-order valence-corrected chi connectivity index (χ1v) is 7.04. The van der Waals surface area contributed by atoms with Gasteiger partial charge < -0.3 is 9.64 Å². The summed E-state index contributed by atoms with van der Waals surface area (Å²) in [6.07, 6.45) is -4.70. The Hall–Kier alpha value is -1.64. The Balaban J connectivity index is 1.87. The van der Waals surface area contributed by atoms with Gasteiger partial charge in [0.2, 0.25) is 5.91 Å². The van der Waals surface area contributed by atoms with Gasteiger partial charge in [0.25, 0.3) is 0 Å². The van der Waals surface area contributed by atoms with Gasteiger partial charge in [0.1, 0.15) is 13.2 Å². The van der Waals surface area contributed by atoms with Crippen molar-refractivity contribution in [3.63, 3.8) is 0 Å². The number of halogens is 3. The number of esters is 1. The summed E-state index contributed by atoms with van der Waals surface area (Å²) in [5, 5.41) is 0. The van der Waals surface area contributed by atoms with Crippen LogP contribution in [0.15, 0.2) is 5.51 Å². The van der Waals surface area contributed by atoms with Crippen molar-refractivity contribution in [1.82, 2.24) is 9.88 Å². The van der Waals surface area contributed by atoms with E-state index in [0.717, 1.165) is 10.6 Å². The molecule has 5 nitrogen and oxygen atoms in total. The van der Waals surface area contributed by atoms with Crippen molar-refractivity contribution < 1.29 is 27.5 Å². The van der Waals surface area contributed by atoms with Crippen molar-refractivity contribution in [2.24, 2.45) is 5.92 Å². The van der Waals surface area contributed by atoms with Crippen LogP contribution in [0.3, 0.4) is 0 Å². The highest BCUT2D eigenvalue weighted by Crippen LogP contribution is 2.25. The molecule has 2 rings (SSSR count). The number of aromatic nitrogens is 1. The van der Waals surface area contributed by atoms with E-state index in [4.69, 9.17) is 4.74 Å². The second-order valence-electron chi connectivity index (χ2n) is 4.76. The minimum atomic E-state index is -4.46. The summed E-state index contributed by atoms with van der Waals surface area (Å²) in [6.45, 7) is 0.214. The van der Waals surface area contributed by atoms with Gasteiger partial charge in [-0.2, -0.15) is 13.2 Å². The predicted molar refractivity (Wildman–Crippen MR) is 67.4 cm³/mol. The number of ether oxygens (including phenoxy) is 1. The molecule has 1 aromatic rings. The Morgan fingerprint density at radius 1 is 1.57 bits per heavy atom.